The topological polar surface area (TPSA) is 39.9 Å². The van der Waals surface area contributed by atoms with Gasteiger partial charge in [0.2, 0.25) is 0 Å². The monoisotopic (exact) mass is 301 g/mol. The molecular formula is C14H12BrN3. The SMILES string of the molecule is CN(Cc1ccccn1)c1cccc(Br)c1C#N. The predicted octanol–water partition coefficient (Wildman–Crippen LogP) is 3.35. The molecule has 0 atom stereocenters. The van der Waals surface area contributed by atoms with Crippen molar-refractivity contribution >= 4 is 21.6 Å². The molecule has 18 heavy (non-hydrogen) atoms. The largest absolute Gasteiger partial charge is 0.368 e. The fraction of sp³-hybridized carbons (Fsp3) is 0.143. The molecule has 1 aromatic heterocycles. The Morgan fingerprint density at radius 1 is 1.28 bits per heavy atom. The Kier molecular flexibility index (Phi) is 3.96. The van der Waals surface area contributed by atoms with Crippen molar-refractivity contribution in [3.05, 3.63) is 58.3 Å². The molecule has 1 heterocycles. The Morgan fingerprint density at radius 2 is 2.11 bits per heavy atom. The summed E-state index contributed by atoms with van der Waals surface area (Å²) in [5, 5.41) is 9.19. The van der Waals surface area contributed by atoms with Crippen LogP contribution in [0.5, 0.6) is 0 Å². The number of hydrogen-bond acceptors (Lipinski definition) is 3. The molecule has 0 saturated heterocycles. The zero-order chi connectivity index (χ0) is 13.0. The van der Waals surface area contributed by atoms with Crippen LogP contribution in [0.25, 0.3) is 0 Å². The second-order valence-corrected chi connectivity index (χ2v) is 4.78. The minimum absolute atomic E-state index is 0.649. The van der Waals surface area contributed by atoms with Gasteiger partial charge in [-0.2, -0.15) is 5.26 Å². The maximum Gasteiger partial charge on any atom is 0.103 e. The maximum absolute atomic E-state index is 9.19. The van der Waals surface area contributed by atoms with Gasteiger partial charge < -0.3 is 4.90 Å². The van der Waals surface area contributed by atoms with Gasteiger partial charge in [-0.25, -0.2) is 0 Å². The molecule has 0 N–H and O–H groups in total. The van der Waals surface area contributed by atoms with Crippen LogP contribution in [0.4, 0.5) is 5.69 Å². The highest BCUT2D eigenvalue weighted by Gasteiger charge is 2.10. The summed E-state index contributed by atoms with van der Waals surface area (Å²) < 4.78 is 0.815. The zero-order valence-corrected chi connectivity index (χ0v) is 11.6. The van der Waals surface area contributed by atoms with Crippen molar-refractivity contribution in [1.82, 2.24) is 4.98 Å². The molecule has 2 rings (SSSR count). The summed E-state index contributed by atoms with van der Waals surface area (Å²) in [6.45, 7) is 0.673. The van der Waals surface area contributed by atoms with Gasteiger partial charge in [-0.3, -0.25) is 4.98 Å². The van der Waals surface area contributed by atoms with E-state index in [2.05, 4.69) is 27.0 Å². The summed E-state index contributed by atoms with van der Waals surface area (Å²) in [5.41, 5.74) is 2.53. The smallest absolute Gasteiger partial charge is 0.103 e. The summed E-state index contributed by atoms with van der Waals surface area (Å²) in [6.07, 6.45) is 1.77. The highest BCUT2D eigenvalue weighted by molar-refractivity contribution is 9.10. The van der Waals surface area contributed by atoms with E-state index in [1.807, 2.05) is 48.3 Å². The first-order valence-electron chi connectivity index (χ1n) is 5.52. The van der Waals surface area contributed by atoms with E-state index < -0.39 is 0 Å². The molecule has 0 bridgehead atoms. The van der Waals surface area contributed by atoms with E-state index in [-0.39, 0.29) is 0 Å². The Morgan fingerprint density at radius 3 is 2.78 bits per heavy atom. The van der Waals surface area contributed by atoms with Crippen LogP contribution in [0.2, 0.25) is 0 Å². The van der Waals surface area contributed by atoms with E-state index in [1.165, 1.54) is 0 Å². The Labute approximate surface area is 115 Å². The van der Waals surface area contributed by atoms with E-state index in [0.717, 1.165) is 15.9 Å². The molecule has 0 unspecified atom stereocenters. The molecule has 0 aliphatic carbocycles. The van der Waals surface area contributed by atoms with Crippen LogP contribution in [0, 0.1) is 11.3 Å². The number of pyridine rings is 1. The van der Waals surface area contributed by atoms with Crippen molar-refractivity contribution in [2.45, 2.75) is 6.54 Å². The third-order valence-corrected chi connectivity index (χ3v) is 3.30. The molecule has 0 aliphatic heterocycles. The number of aromatic nitrogens is 1. The maximum atomic E-state index is 9.19. The minimum Gasteiger partial charge on any atom is -0.368 e. The van der Waals surface area contributed by atoms with Crippen molar-refractivity contribution in [1.29, 1.82) is 5.26 Å². The second kappa shape index (κ2) is 5.65. The number of benzene rings is 1. The Hall–Kier alpha value is -1.86. The van der Waals surface area contributed by atoms with Gasteiger partial charge in [0.25, 0.3) is 0 Å². The molecule has 3 nitrogen and oxygen atoms in total. The van der Waals surface area contributed by atoms with E-state index in [4.69, 9.17) is 0 Å². The lowest BCUT2D eigenvalue weighted by Crippen LogP contribution is -2.18. The average Bonchev–Trinajstić information content (AvgIpc) is 2.39. The van der Waals surface area contributed by atoms with Crippen molar-refractivity contribution in [2.24, 2.45) is 0 Å². The molecule has 0 amide bonds. The number of nitriles is 1. The van der Waals surface area contributed by atoms with Gasteiger partial charge in [-0.1, -0.05) is 12.1 Å². The molecule has 4 heteroatoms. The second-order valence-electron chi connectivity index (χ2n) is 3.92. The van der Waals surface area contributed by atoms with Crippen LogP contribution in [0.15, 0.2) is 47.1 Å². The predicted molar refractivity (Wildman–Crippen MR) is 75.2 cm³/mol. The highest BCUT2D eigenvalue weighted by atomic mass is 79.9. The highest BCUT2D eigenvalue weighted by Crippen LogP contribution is 2.26. The van der Waals surface area contributed by atoms with E-state index in [9.17, 15) is 5.26 Å². The van der Waals surface area contributed by atoms with Crippen LogP contribution in [-0.4, -0.2) is 12.0 Å². The Balaban J connectivity index is 2.27. The number of halogens is 1. The van der Waals surface area contributed by atoms with Crippen LogP contribution in [-0.2, 0) is 6.54 Å². The van der Waals surface area contributed by atoms with Crippen LogP contribution >= 0.6 is 15.9 Å². The standard InChI is InChI=1S/C14H12BrN3/c1-18(10-11-5-2-3-8-17-11)14-7-4-6-13(15)12(14)9-16/h2-8H,10H2,1H3. The number of nitrogens with zero attached hydrogens (tertiary/aromatic N) is 3. The minimum atomic E-state index is 0.649. The van der Waals surface area contributed by atoms with Crippen LogP contribution in [0.3, 0.4) is 0 Å². The lowest BCUT2D eigenvalue weighted by Gasteiger charge is -2.20. The lowest BCUT2D eigenvalue weighted by atomic mass is 10.1. The molecule has 90 valence electrons. The third-order valence-electron chi connectivity index (χ3n) is 2.64. The first-order valence-corrected chi connectivity index (χ1v) is 6.31. The molecule has 0 aliphatic rings. The van der Waals surface area contributed by atoms with Crippen molar-refractivity contribution in [2.75, 3.05) is 11.9 Å². The number of hydrogen-bond donors (Lipinski definition) is 0. The fourth-order valence-electron chi connectivity index (χ4n) is 1.76. The molecule has 0 radical (unpaired) electrons. The van der Waals surface area contributed by atoms with Crippen LogP contribution < -0.4 is 4.90 Å². The van der Waals surface area contributed by atoms with E-state index >= 15 is 0 Å². The summed E-state index contributed by atoms with van der Waals surface area (Å²) in [6, 6.07) is 13.8. The van der Waals surface area contributed by atoms with Gasteiger partial charge in [0.05, 0.1) is 23.5 Å². The molecular weight excluding hydrogens is 290 g/mol. The summed E-state index contributed by atoms with van der Waals surface area (Å²) in [4.78, 5) is 6.31. The first kappa shape index (κ1) is 12.6. The Bertz CT molecular complexity index is 575. The van der Waals surface area contributed by atoms with Gasteiger partial charge in [-0.15, -0.1) is 0 Å². The van der Waals surface area contributed by atoms with Crippen molar-refractivity contribution < 1.29 is 0 Å². The van der Waals surface area contributed by atoms with Gasteiger partial charge in [0, 0.05) is 17.7 Å². The summed E-state index contributed by atoms with van der Waals surface area (Å²) >= 11 is 3.40. The van der Waals surface area contributed by atoms with Crippen LogP contribution in [0.1, 0.15) is 11.3 Å². The zero-order valence-electron chi connectivity index (χ0n) is 9.97. The number of rotatable bonds is 3. The van der Waals surface area contributed by atoms with Gasteiger partial charge in [0.15, 0.2) is 0 Å². The molecule has 0 fully saturated rings. The molecule has 1 aromatic carbocycles. The third kappa shape index (κ3) is 2.69. The van der Waals surface area contributed by atoms with Gasteiger partial charge in [-0.05, 0) is 40.2 Å². The van der Waals surface area contributed by atoms with E-state index in [1.54, 1.807) is 6.20 Å². The van der Waals surface area contributed by atoms with Crippen molar-refractivity contribution in [3.8, 4) is 6.07 Å². The number of anilines is 1. The summed E-state index contributed by atoms with van der Waals surface area (Å²) in [7, 11) is 1.96. The van der Waals surface area contributed by atoms with Gasteiger partial charge >= 0.3 is 0 Å². The first-order chi connectivity index (χ1) is 8.72. The fourth-order valence-corrected chi connectivity index (χ4v) is 2.21. The van der Waals surface area contributed by atoms with Gasteiger partial charge in [0.1, 0.15) is 6.07 Å². The quantitative estimate of drug-likeness (QED) is 0.873. The normalized spacial score (nSPS) is 9.83. The summed E-state index contributed by atoms with van der Waals surface area (Å²) in [5.74, 6) is 0. The molecule has 0 spiro atoms. The average molecular weight is 302 g/mol. The van der Waals surface area contributed by atoms with E-state index in [0.29, 0.717) is 12.1 Å². The molecule has 2 aromatic rings. The molecule has 0 saturated carbocycles. The van der Waals surface area contributed by atoms with Crippen molar-refractivity contribution in [3.63, 3.8) is 0 Å². The lowest BCUT2D eigenvalue weighted by molar-refractivity contribution is 0.883.